The predicted octanol–water partition coefficient (Wildman–Crippen LogP) is 2.02. The summed E-state index contributed by atoms with van der Waals surface area (Å²) in [6.45, 7) is 4.34. The van der Waals surface area contributed by atoms with Crippen molar-refractivity contribution < 1.29 is 14.3 Å². The maximum atomic E-state index is 12.3. The number of methoxy groups -OCH3 is 1. The zero-order valence-electron chi connectivity index (χ0n) is 16.9. The fraction of sp³-hybridized carbons (Fsp3) is 0.381. The number of nitrogens with one attached hydrogen (secondary N) is 2. The number of ether oxygens (including phenoxy) is 1. The Morgan fingerprint density at radius 2 is 1.89 bits per heavy atom. The molecule has 1 aromatic heterocycles. The van der Waals surface area contributed by atoms with Crippen molar-refractivity contribution in [3.8, 4) is 5.75 Å². The maximum Gasteiger partial charge on any atom is 0.239 e. The van der Waals surface area contributed by atoms with Gasteiger partial charge in [-0.15, -0.1) is 0 Å². The van der Waals surface area contributed by atoms with E-state index in [2.05, 4.69) is 15.6 Å². The number of aryl methyl sites for hydroxylation is 1. The number of carbonyl (C=O) groups is 2. The van der Waals surface area contributed by atoms with Gasteiger partial charge in [0, 0.05) is 12.7 Å². The first-order chi connectivity index (χ1) is 13.4. The Labute approximate surface area is 166 Å². The van der Waals surface area contributed by atoms with Crippen LogP contribution in [0.25, 0.3) is 0 Å². The van der Waals surface area contributed by atoms with E-state index in [1.165, 1.54) is 0 Å². The second-order valence-electron chi connectivity index (χ2n) is 6.75. The van der Waals surface area contributed by atoms with Crippen molar-refractivity contribution in [1.29, 1.82) is 0 Å². The van der Waals surface area contributed by atoms with E-state index in [1.54, 1.807) is 38.2 Å². The number of pyridine rings is 1. The number of nitrogens with zero attached hydrogens (tertiary/aromatic N) is 2. The average Bonchev–Trinajstić information content (AvgIpc) is 2.69. The lowest BCUT2D eigenvalue weighted by Crippen LogP contribution is -2.46. The van der Waals surface area contributed by atoms with Crippen LogP contribution in [0.2, 0.25) is 0 Å². The molecule has 2 N–H and O–H groups in total. The summed E-state index contributed by atoms with van der Waals surface area (Å²) < 4.78 is 5.13. The van der Waals surface area contributed by atoms with E-state index in [9.17, 15) is 9.59 Å². The van der Waals surface area contributed by atoms with Crippen molar-refractivity contribution >= 4 is 17.6 Å². The van der Waals surface area contributed by atoms with Crippen LogP contribution in [0.15, 0.2) is 42.6 Å². The van der Waals surface area contributed by atoms with E-state index in [0.29, 0.717) is 12.4 Å². The summed E-state index contributed by atoms with van der Waals surface area (Å²) in [5.41, 5.74) is 2.14. The number of hydrogen-bond donors (Lipinski definition) is 2. The summed E-state index contributed by atoms with van der Waals surface area (Å²) in [6, 6.07) is 11.0. The van der Waals surface area contributed by atoms with Crippen LogP contribution >= 0.6 is 0 Å². The molecule has 1 aromatic carbocycles. The lowest BCUT2D eigenvalue weighted by molar-refractivity contribution is -0.126. The molecule has 7 nitrogen and oxygen atoms in total. The van der Waals surface area contributed by atoms with E-state index < -0.39 is 6.04 Å². The van der Waals surface area contributed by atoms with Crippen LogP contribution < -0.4 is 15.4 Å². The van der Waals surface area contributed by atoms with Crippen molar-refractivity contribution in [3.63, 3.8) is 0 Å². The van der Waals surface area contributed by atoms with E-state index in [4.69, 9.17) is 4.74 Å². The van der Waals surface area contributed by atoms with Crippen LogP contribution in [0.1, 0.15) is 18.1 Å². The van der Waals surface area contributed by atoms with Crippen molar-refractivity contribution in [2.45, 2.75) is 26.3 Å². The summed E-state index contributed by atoms with van der Waals surface area (Å²) in [6.07, 6.45) is 2.42. The average molecular weight is 384 g/mol. The number of rotatable bonds is 9. The fourth-order valence-corrected chi connectivity index (χ4v) is 2.56. The first kappa shape index (κ1) is 21.4. The Hall–Kier alpha value is -2.93. The number of aromatic nitrogens is 1. The van der Waals surface area contributed by atoms with Crippen molar-refractivity contribution in [2.75, 3.05) is 32.6 Å². The second-order valence-corrected chi connectivity index (χ2v) is 6.75. The highest BCUT2D eigenvalue weighted by Crippen LogP contribution is 2.11. The van der Waals surface area contributed by atoms with Gasteiger partial charge in [-0.25, -0.2) is 4.98 Å². The van der Waals surface area contributed by atoms with Crippen LogP contribution in [-0.4, -0.2) is 55.0 Å². The Morgan fingerprint density at radius 1 is 1.18 bits per heavy atom. The minimum absolute atomic E-state index is 0.0998. The molecule has 1 atom stereocenters. The normalized spacial score (nSPS) is 11.8. The van der Waals surface area contributed by atoms with Gasteiger partial charge in [0.2, 0.25) is 11.8 Å². The van der Waals surface area contributed by atoms with Gasteiger partial charge >= 0.3 is 0 Å². The molecule has 150 valence electrons. The summed E-state index contributed by atoms with van der Waals surface area (Å²) in [5, 5.41) is 5.65. The third-order valence-electron chi connectivity index (χ3n) is 4.48. The van der Waals surface area contributed by atoms with Gasteiger partial charge < -0.3 is 15.4 Å². The topological polar surface area (TPSA) is 83.6 Å². The van der Waals surface area contributed by atoms with Gasteiger partial charge in [-0.1, -0.05) is 18.2 Å². The zero-order valence-corrected chi connectivity index (χ0v) is 16.9. The van der Waals surface area contributed by atoms with Gasteiger partial charge in [-0.05, 0) is 56.6 Å². The molecule has 2 amide bonds. The Balaban J connectivity index is 1.74. The van der Waals surface area contributed by atoms with Crippen LogP contribution in [0.3, 0.4) is 0 Å². The number of anilines is 1. The van der Waals surface area contributed by atoms with E-state index in [1.807, 2.05) is 37.3 Å². The molecule has 0 radical (unpaired) electrons. The molecule has 1 unspecified atom stereocenters. The summed E-state index contributed by atoms with van der Waals surface area (Å²) >= 11 is 0. The van der Waals surface area contributed by atoms with Gasteiger partial charge in [0.25, 0.3) is 0 Å². The smallest absolute Gasteiger partial charge is 0.239 e. The van der Waals surface area contributed by atoms with E-state index in [-0.39, 0.29) is 18.4 Å². The maximum absolute atomic E-state index is 12.3. The predicted molar refractivity (Wildman–Crippen MR) is 109 cm³/mol. The minimum Gasteiger partial charge on any atom is -0.497 e. The molecule has 0 fully saturated rings. The first-order valence-corrected chi connectivity index (χ1v) is 9.22. The monoisotopic (exact) mass is 384 g/mol. The molecule has 0 saturated carbocycles. The van der Waals surface area contributed by atoms with Gasteiger partial charge in [0.15, 0.2) is 0 Å². The fourth-order valence-electron chi connectivity index (χ4n) is 2.56. The third kappa shape index (κ3) is 6.66. The molecular formula is C21H28N4O3. The molecule has 2 aromatic rings. The molecule has 28 heavy (non-hydrogen) atoms. The Morgan fingerprint density at radius 3 is 2.50 bits per heavy atom. The minimum atomic E-state index is -0.424. The van der Waals surface area contributed by atoms with Gasteiger partial charge in [0.1, 0.15) is 11.6 Å². The molecule has 0 aliphatic heterocycles. The number of carbonyl (C=O) groups excluding carboxylic acids is 2. The molecule has 7 heteroatoms. The molecule has 0 aliphatic rings. The number of likely N-dealkylation sites (N-methyl/N-ethyl adjacent to an activating group) is 1. The van der Waals surface area contributed by atoms with Crippen molar-refractivity contribution in [3.05, 3.63) is 53.7 Å². The van der Waals surface area contributed by atoms with Gasteiger partial charge in [0.05, 0.1) is 19.7 Å². The Kier molecular flexibility index (Phi) is 7.95. The molecular weight excluding hydrogens is 356 g/mol. The number of amides is 2. The zero-order chi connectivity index (χ0) is 20.5. The molecule has 1 heterocycles. The number of benzene rings is 1. The summed E-state index contributed by atoms with van der Waals surface area (Å²) in [5.74, 6) is 0.983. The van der Waals surface area contributed by atoms with Gasteiger partial charge in [-0.3, -0.25) is 14.5 Å². The molecule has 0 spiro atoms. The van der Waals surface area contributed by atoms with E-state index in [0.717, 1.165) is 23.3 Å². The quantitative estimate of drug-likeness (QED) is 0.691. The van der Waals surface area contributed by atoms with Crippen LogP contribution in [0, 0.1) is 6.92 Å². The summed E-state index contributed by atoms with van der Waals surface area (Å²) in [4.78, 5) is 30.3. The lowest BCUT2D eigenvalue weighted by atomic mass is 10.1. The molecule has 2 rings (SSSR count). The lowest BCUT2D eigenvalue weighted by Gasteiger charge is -2.23. The molecule has 0 saturated heterocycles. The van der Waals surface area contributed by atoms with Gasteiger partial charge in [-0.2, -0.15) is 0 Å². The summed E-state index contributed by atoms with van der Waals surface area (Å²) in [7, 11) is 3.38. The van der Waals surface area contributed by atoms with E-state index >= 15 is 0 Å². The van der Waals surface area contributed by atoms with Crippen molar-refractivity contribution in [1.82, 2.24) is 15.2 Å². The number of hydrogen-bond acceptors (Lipinski definition) is 5. The highest BCUT2D eigenvalue weighted by atomic mass is 16.5. The van der Waals surface area contributed by atoms with Crippen LogP contribution in [0.4, 0.5) is 5.82 Å². The van der Waals surface area contributed by atoms with Crippen LogP contribution in [-0.2, 0) is 16.0 Å². The largest absolute Gasteiger partial charge is 0.497 e. The highest BCUT2D eigenvalue weighted by Gasteiger charge is 2.20. The molecule has 0 aliphatic carbocycles. The van der Waals surface area contributed by atoms with Crippen molar-refractivity contribution in [2.24, 2.45) is 0 Å². The Bertz CT molecular complexity index is 775. The standard InChI is InChI=1S/C21H28N4O3/c1-15-5-10-19(23-13-15)24-20(26)14-25(3)16(2)21(27)22-12-11-17-6-8-18(28-4)9-7-17/h5-10,13,16H,11-12,14H2,1-4H3,(H,22,27)(H,23,24,26). The SMILES string of the molecule is COc1ccc(CCNC(=O)C(C)N(C)CC(=O)Nc2ccc(C)cn2)cc1. The highest BCUT2D eigenvalue weighted by molar-refractivity contribution is 5.92. The van der Waals surface area contributed by atoms with Crippen LogP contribution in [0.5, 0.6) is 5.75 Å². The molecule has 0 bridgehead atoms. The second kappa shape index (κ2) is 10.4. The first-order valence-electron chi connectivity index (χ1n) is 9.22. The third-order valence-corrected chi connectivity index (χ3v) is 4.48.